The molecule has 0 saturated carbocycles. The van der Waals surface area contributed by atoms with E-state index >= 15 is 0 Å². The Balaban J connectivity index is 2.25. The number of amides is 1. The summed E-state index contributed by atoms with van der Waals surface area (Å²) in [6, 6.07) is 13.5. The Hall–Kier alpha value is -1.81. The van der Waals surface area contributed by atoms with Gasteiger partial charge in [-0.15, -0.1) is 0 Å². The molecule has 1 aromatic carbocycles. The predicted molar refractivity (Wildman–Crippen MR) is 72.8 cm³/mol. The van der Waals surface area contributed by atoms with Gasteiger partial charge in [0.25, 0.3) is 5.91 Å². The van der Waals surface area contributed by atoms with Crippen LogP contribution in [0.4, 0.5) is 0 Å². The number of rotatable bonds is 4. The van der Waals surface area contributed by atoms with Crippen LogP contribution >= 0.6 is 11.8 Å². The second-order valence-corrected chi connectivity index (χ2v) is 4.69. The Morgan fingerprint density at radius 3 is 2.72 bits per heavy atom. The van der Waals surface area contributed by atoms with Crippen LogP contribution < -0.4 is 5.32 Å². The fourth-order valence-electron chi connectivity index (χ4n) is 1.50. The molecule has 0 aliphatic carbocycles. The van der Waals surface area contributed by atoms with Crippen molar-refractivity contribution in [2.75, 3.05) is 6.54 Å². The van der Waals surface area contributed by atoms with Gasteiger partial charge in [0.05, 0.1) is 5.56 Å². The molecule has 0 spiro atoms. The molecule has 0 bridgehead atoms. The molecule has 1 aromatic heterocycles. The molecular weight excluding hydrogens is 244 g/mol. The normalized spacial score (nSPS) is 10.1. The molecule has 0 radical (unpaired) electrons. The van der Waals surface area contributed by atoms with Crippen LogP contribution in [0.1, 0.15) is 17.3 Å². The Morgan fingerprint density at radius 1 is 1.22 bits per heavy atom. The number of nitrogens with one attached hydrogen (secondary N) is 1. The van der Waals surface area contributed by atoms with Gasteiger partial charge in [0.1, 0.15) is 5.03 Å². The number of carbonyl (C=O) groups excluding carboxylic acids is 1. The maximum Gasteiger partial charge on any atom is 0.254 e. The van der Waals surface area contributed by atoms with Crippen molar-refractivity contribution in [3.05, 3.63) is 54.2 Å². The molecule has 4 heteroatoms. The van der Waals surface area contributed by atoms with Crippen molar-refractivity contribution in [3.63, 3.8) is 0 Å². The summed E-state index contributed by atoms with van der Waals surface area (Å²) in [7, 11) is 0. The number of nitrogens with zero attached hydrogens (tertiary/aromatic N) is 1. The van der Waals surface area contributed by atoms with Crippen LogP contribution in [-0.2, 0) is 0 Å². The highest BCUT2D eigenvalue weighted by Gasteiger charge is 2.12. The molecule has 3 nitrogen and oxygen atoms in total. The third kappa shape index (κ3) is 3.11. The number of carbonyl (C=O) groups is 1. The van der Waals surface area contributed by atoms with Gasteiger partial charge in [-0.1, -0.05) is 30.0 Å². The summed E-state index contributed by atoms with van der Waals surface area (Å²) in [5.74, 6) is -0.0796. The molecule has 0 aliphatic heterocycles. The van der Waals surface area contributed by atoms with Crippen molar-refractivity contribution in [1.82, 2.24) is 10.3 Å². The zero-order valence-electron chi connectivity index (χ0n) is 10.1. The number of hydrogen-bond acceptors (Lipinski definition) is 3. The minimum atomic E-state index is -0.0796. The molecule has 0 unspecified atom stereocenters. The molecule has 0 saturated heterocycles. The van der Waals surface area contributed by atoms with Crippen molar-refractivity contribution in [2.45, 2.75) is 16.8 Å². The van der Waals surface area contributed by atoms with Gasteiger partial charge in [-0.2, -0.15) is 0 Å². The largest absolute Gasteiger partial charge is 0.352 e. The van der Waals surface area contributed by atoms with E-state index in [1.807, 2.05) is 37.3 Å². The molecule has 0 fully saturated rings. The molecule has 18 heavy (non-hydrogen) atoms. The molecule has 1 amide bonds. The van der Waals surface area contributed by atoms with Crippen molar-refractivity contribution < 1.29 is 4.79 Å². The van der Waals surface area contributed by atoms with E-state index in [1.165, 1.54) is 11.8 Å². The zero-order valence-corrected chi connectivity index (χ0v) is 10.9. The number of benzene rings is 1. The smallest absolute Gasteiger partial charge is 0.254 e. The lowest BCUT2D eigenvalue weighted by molar-refractivity contribution is 0.0952. The monoisotopic (exact) mass is 258 g/mol. The second-order valence-electron chi connectivity index (χ2n) is 3.63. The van der Waals surface area contributed by atoms with Gasteiger partial charge in [0.2, 0.25) is 0 Å². The highest BCUT2D eigenvalue weighted by atomic mass is 32.2. The van der Waals surface area contributed by atoms with E-state index in [0.29, 0.717) is 12.1 Å². The molecule has 2 rings (SSSR count). The Kier molecular flexibility index (Phi) is 4.36. The van der Waals surface area contributed by atoms with E-state index in [1.54, 1.807) is 18.3 Å². The van der Waals surface area contributed by atoms with Crippen LogP contribution in [-0.4, -0.2) is 17.4 Å². The summed E-state index contributed by atoms with van der Waals surface area (Å²) in [6.07, 6.45) is 1.70. The predicted octanol–water partition coefficient (Wildman–Crippen LogP) is 2.98. The van der Waals surface area contributed by atoms with Crippen molar-refractivity contribution in [3.8, 4) is 0 Å². The first-order valence-electron chi connectivity index (χ1n) is 5.77. The highest BCUT2D eigenvalue weighted by Crippen LogP contribution is 2.28. The first-order valence-corrected chi connectivity index (χ1v) is 6.59. The quantitative estimate of drug-likeness (QED) is 0.916. The van der Waals surface area contributed by atoms with E-state index < -0.39 is 0 Å². The fraction of sp³-hybridized carbons (Fsp3) is 0.143. The Labute approximate surface area is 111 Å². The lowest BCUT2D eigenvalue weighted by Crippen LogP contribution is -2.23. The Morgan fingerprint density at radius 2 is 2.00 bits per heavy atom. The maximum absolute atomic E-state index is 11.9. The molecule has 0 aliphatic rings. The number of aromatic nitrogens is 1. The van der Waals surface area contributed by atoms with Gasteiger partial charge in [0, 0.05) is 17.6 Å². The molecule has 0 atom stereocenters. The number of pyridine rings is 1. The topological polar surface area (TPSA) is 42.0 Å². The lowest BCUT2D eigenvalue weighted by Gasteiger charge is -2.07. The van der Waals surface area contributed by atoms with Gasteiger partial charge in [-0.3, -0.25) is 4.79 Å². The Bertz CT molecular complexity index is 528. The average Bonchev–Trinajstić information content (AvgIpc) is 2.41. The van der Waals surface area contributed by atoms with Gasteiger partial charge in [-0.05, 0) is 31.2 Å². The van der Waals surface area contributed by atoms with Gasteiger partial charge >= 0.3 is 0 Å². The third-order valence-corrected chi connectivity index (χ3v) is 3.34. The summed E-state index contributed by atoms with van der Waals surface area (Å²) in [5.41, 5.74) is 0.619. The zero-order chi connectivity index (χ0) is 12.8. The molecular formula is C14H14N2OS. The third-order valence-electron chi connectivity index (χ3n) is 2.31. The van der Waals surface area contributed by atoms with Gasteiger partial charge in [-0.25, -0.2) is 4.98 Å². The minimum Gasteiger partial charge on any atom is -0.352 e. The lowest BCUT2D eigenvalue weighted by atomic mass is 10.3. The maximum atomic E-state index is 11.9. The first-order chi connectivity index (χ1) is 8.81. The van der Waals surface area contributed by atoms with Crippen LogP contribution in [0.25, 0.3) is 0 Å². The van der Waals surface area contributed by atoms with Crippen LogP contribution in [0, 0.1) is 0 Å². The summed E-state index contributed by atoms with van der Waals surface area (Å²) < 4.78 is 0. The highest BCUT2D eigenvalue weighted by molar-refractivity contribution is 7.99. The summed E-state index contributed by atoms with van der Waals surface area (Å²) in [6.45, 7) is 2.52. The second kappa shape index (κ2) is 6.21. The van der Waals surface area contributed by atoms with Crippen molar-refractivity contribution >= 4 is 17.7 Å². The van der Waals surface area contributed by atoms with E-state index in [9.17, 15) is 4.79 Å². The SMILES string of the molecule is CCNC(=O)c1cccnc1Sc1ccccc1. The van der Waals surface area contributed by atoms with E-state index in [2.05, 4.69) is 10.3 Å². The van der Waals surface area contributed by atoms with Gasteiger partial charge < -0.3 is 5.32 Å². The molecule has 1 N–H and O–H groups in total. The average molecular weight is 258 g/mol. The van der Waals surface area contributed by atoms with Crippen LogP contribution in [0.15, 0.2) is 58.6 Å². The summed E-state index contributed by atoms with van der Waals surface area (Å²) >= 11 is 1.50. The van der Waals surface area contributed by atoms with Crippen LogP contribution in [0.3, 0.4) is 0 Å². The standard InChI is InChI=1S/C14H14N2OS/c1-2-15-13(17)12-9-6-10-16-14(12)18-11-7-4-3-5-8-11/h3-10H,2H2,1H3,(H,15,17). The minimum absolute atomic E-state index is 0.0796. The van der Waals surface area contributed by atoms with Crippen LogP contribution in [0.5, 0.6) is 0 Å². The summed E-state index contributed by atoms with van der Waals surface area (Å²) in [5, 5.41) is 3.53. The van der Waals surface area contributed by atoms with Crippen molar-refractivity contribution in [1.29, 1.82) is 0 Å². The van der Waals surface area contributed by atoms with Crippen LogP contribution in [0.2, 0.25) is 0 Å². The summed E-state index contributed by atoms with van der Waals surface area (Å²) in [4.78, 5) is 17.2. The van der Waals surface area contributed by atoms with E-state index in [4.69, 9.17) is 0 Å². The van der Waals surface area contributed by atoms with E-state index in [-0.39, 0.29) is 5.91 Å². The first kappa shape index (κ1) is 12.6. The molecule has 2 aromatic rings. The molecule has 92 valence electrons. The van der Waals surface area contributed by atoms with Crippen molar-refractivity contribution in [2.24, 2.45) is 0 Å². The number of hydrogen-bond donors (Lipinski definition) is 1. The van der Waals surface area contributed by atoms with E-state index in [0.717, 1.165) is 9.92 Å². The van der Waals surface area contributed by atoms with Gasteiger partial charge in [0.15, 0.2) is 0 Å². The fourth-order valence-corrected chi connectivity index (χ4v) is 2.40. The molecule has 1 heterocycles.